The van der Waals surface area contributed by atoms with Crippen molar-refractivity contribution in [1.82, 2.24) is 4.57 Å². The summed E-state index contributed by atoms with van der Waals surface area (Å²) < 4.78 is 7.18. The van der Waals surface area contributed by atoms with Crippen LogP contribution in [-0.4, -0.2) is 18.3 Å². The fourth-order valence-corrected chi connectivity index (χ4v) is 1.80. The van der Waals surface area contributed by atoms with Crippen molar-refractivity contribution < 1.29 is 4.74 Å². The second-order valence-electron chi connectivity index (χ2n) is 3.17. The van der Waals surface area contributed by atoms with Crippen molar-refractivity contribution in [2.75, 3.05) is 13.7 Å². The van der Waals surface area contributed by atoms with Gasteiger partial charge in [-0.15, -0.1) is 0 Å². The topological polar surface area (TPSA) is 14.2 Å². The maximum atomic E-state index is 6.06. The van der Waals surface area contributed by atoms with E-state index in [1.54, 1.807) is 7.11 Å². The average molecular weight is 210 g/mol. The molecule has 0 aliphatic rings. The van der Waals surface area contributed by atoms with Gasteiger partial charge in [-0.05, 0) is 18.2 Å². The minimum Gasteiger partial charge on any atom is -0.383 e. The lowest BCUT2D eigenvalue weighted by Gasteiger charge is -2.04. The molecule has 2 rings (SSSR count). The van der Waals surface area contributed by atoms with E-state index in [-0.39, 0.29) is 0 Å². The second-order valence-corrected chi connectivity index (χ2v) is 3.58. The highest BCUT2D eigenvalue weighted by Gasteiger charge is 2.02. The number of rotatable bonds is 3. The van der Waals surface area contributed by atoms with Crippen molar-refractivity contribution in [2.45, 2.75) is 6.54 Å². The third-order valence-corrected chi connectivity index (χ3v) is 2.63. The molecule has 2 nitrogen and oxygen atoms in total. The number of halogens is 1. The Morgan fingerprint density at radius 3 is 3.00 bits per heavy atom. The molecule has 2 aromatic rings. The highest BCUT2D eigenvalue weighted by Crippen LogP contribution is 2.23. The van der Waals surface area contributed by atoms with Crippen LogP contribution in [0.2, 0.25) is 5.02 Å². The van der Waals surface area contributed by atoms with E-state index in [9.17, 15) is 0 Å². The van der Waals surface area contributed by atoms with Gasteiger partial charge in [0, 0.05) is 35.8 Å². The molecular formula is C11H12ClNO. The highest BCUT2D eigenvalue weighted by molar-refractivity contribution is 6.35. The van der Waals surface area contributed by atoms with Crippen LogP contribution >= 0.6 is 11.6 Å². The van der Waals surface area contributed by atoms with Gasteiger partial charge in [-0.2, -0.15) is 0 Å². The summed E-state index contributed by atoms with van der Waals surface area (Å²) in [5.41, 5.74) is 1.16. The molecule has 74 valence electrons. The molecule has 0 bridgehead atoms. The first-order valence-corrected chi connectivity index (χ1v) is 4.93. The van der Waals surface area contributed by atoms with Crippen LogP contribution in [-0.2, 0) is 11.3 Å². The molecule has 0 amide bonds. The van der Waals surface area contributed by atoms with Gasteiger partial charge in [0.2, 0.25) is 0 Å². The summed E-state index contributed by atoms with van der Waals surface area (Å²) in [6.07, 6.45) is 2.04. The molecular weight excluding hydrogens is 198 g/mol. The van der Waals surface area contributed by atoms with Crippen LogP contribution in [0.3, 0.4) is 0 Å². The van der Waals surface area contributed by atoms with Crippen LogP contribution < -0.4 is 0 Å². The Bertz CT molecular complexity index is 436. The Balaban J connectivity index is 2.42. The SMILES string of the molecule is COCCn1ccc2c(Cl)cccc21. The van der Waals surface area contributed by atoms with Crippen LogP contribution in [0.1, 0.15) is 0 Å². The van der Waals surface area contributed by atoms with Gasteiger partial charge >= 0.3 is 0 Å². The fraction of sp³-hybridized carbons (Fsp3) is 0.273. The first kappa shape index (κ1) is 9.56. The Kier molecular flexibility index (Phi) is 2.75. The molecule has 0 fully saturated rings. The van der Waals surface area contributed by atoms with Crippen molar-refractivity contribution in [3.63, 3.8) is 0 Å². The predicted octanol–water partition coefficient (Wildman–Crippen LogP) is 2.94. The highest BCUT2D eigenvalue weighted by atomic mass is 35.5. The number of aromatic nitrogens is 1. The van der Waals surface area contributed by atoms with E-state index in [1.807, 2.05) is 24.4 Å². The minimum absolute atomic E-state index is 0.719. The van der Waals surface area contributed by atoms with Crippen molar-refractivity contribution in [3.8, 4) is 0 Å². The summed E-state index contributed by atoms with van der Waals surface area (Å²) in [6.45, 7) is 1.58. The zero-order valence-corrected chi connectivity index (χ0v) is 8.79. The van der Waals surface area contributed by atoms with E-state index in [0.717, 1.165) is 29.1 Å². The molecule has 0 radical (unpaired) electrons. The monoisotopic (exact) mass is 209 g/mol. The summed E-state index contributed by atoms with van der Waals surface area (Å²) in [7, 11) is 1.71. The van der Waals surface area contributed by atoms with Crippen LogP contribution in [0.25, 0.3) is 10.9 Å². The van der Waals surface area contributed by atoms with Crippen LogP contribution in [0.5, 0.6) is 0 Å². The second kappa shape index (κ2) is 4.03. The third-order valence-electron chi connectivity index (χ3n) is 2.30. The normalized spacial score (nSPS) is 11.0. The largest absolute Gasteiger partial charge is 0.383 e. The Morgan fingerprint density at radius 2 is 2.21 bits per heavy atom. The number of hydrogen-bond donors (Lipinski definition) is 0. The maximum Gasteiger partial charge on any atom is 0.0641 e. The molecule has 0 spiro atoms. The molecule has 0 saturated heterocycles. The zero-order valence-electron chi connectivity index (χ0n) is 8.03. The summed E-state index contributed by atoms with van der Waals surface area (Å²) in [5, 5.41) is 1.91. The number of methoxy groups -OCH3 is 1. The van der Waals surface area contributed by atoms with Crippen molar-refractivity contribution in [2.24, 2.45) is 0 Å². The van der Waals surface area contributed by atoms with Crippen molar-refractivity contribution in [3.05, 3.63) is 35.5 Å². The first-order chi connectivity index (χ1) is 6.83. The zero-order chi connectivity index (χ0) is 9.97. The molecule has 3 heteroatoms. The molecule has 0 N–H and O–H groups in total. The van der Waals surface area contributed by atoms with Crippen LogP contribution in [0.4, 0.5) is 0 Å². The number of fused-ring (bicyclic) bond motifs is 1. The number of ether oxygens (including phenoxy) is 1. The van der Waals surface area contributed by atoms with Gasteiger partial charge in [0.05, 0.1) is 6.61 Å². The van der Waals surface area contributed by atoms with Gasteiger partial charge in [-0.3, -0.25) is 0 Å². The van der Waals surface area contributed by atoms with Gasteiger partial charge in [0.25, 0.3) is 0 Å². The summed E-state index contributed by atoms with van der Waals surface area (Å²) in [5.74, 6) is 0. The molecule has 0 unspecified atom stereocenters. The lowest BCUT2D eigenvalue weighted by Crippen LogP contribution is -2.02. The molecule has 1 aromatic carbocycles. The van der Waals surface area contributed by atoms with E-state index in [4.69, 9.17) is 16.3 Å². The quantitative estimate of drug-likeness (QED) is 0.758. The standard InChI is InChI=1S/C11H12ClNO/c1-14-8-7-13-6-5-9-10(12)3-2-4-11(9)13/h2-6H,7-8H2,1H3. The van der Waals surface area contributed by atoms with E-state index in [0.29, 0.717) is 0 Å². The van der Waals surface area contributed by atoms with E-state index < -0.39 is 0 Å². The summed E-state index contributed by atoms with van der Waals surface area (Å²) in [6, 6.07) is 7.97. The smallest absolute Gasteiger partial charge is 0.0641 e. The molecule has 0 aliphatic heterocycles. The maximum absolute atomic E-state index is 6.06. The molecule has 0 atom stereocenters. The summed E-state index contributed by atoms with van der Waals surface area (Å²) in [4.78, 5) is 0. The van der Waals surface area contributed by atoms with Gasteiger partial charge < -0.3 is 9.30 Å². The van der Waals surface area contributed by atoms with Gasteiger partial charge in [-0.1, -0.05) is 17.7 Å². The molecule has 1 aromatic heterocycles. The summed E-state index contributed by atoms with van der Waals surface area (Å²) >= 11 is 6.06. The van der Waals surface area contributed by atoms with E-state index in [1.165, 1.54) is 0 Å². The molecule has 14 heavy (non-hydrogen) atoms. The van der Waals surface area contributed by atoms with E-state index >= 15 is 0 Å². The lowest BCUT2D eigenvalue weighted by molar-refractivity contribution is 0.188. The fourth-order valence-electron chi connectivity index (χ4n) is 1.57. The van der Waals surface area contributed by atoms with Gasteiger partial charge in [0.15, 0.2) is 0 Å². The van der Waals surface area contributed by atoms with Crippen molar-refractivity contribution >= 4 is 22.5 Å². The molecule has 0 aliphatic carbocycles. The predicted molar refractivity (Wildman–Crippen MR) is 58.8 cm³/mol. The van der Waals surface area contributed by atoms with E-state index in [2.05, 4.69) is 10.6 Å². The minimum atomic E-state index is 0.719. The van der Waals surface area contributed by atoms with Crippen molar-refractivity contribution in [1.29, 1.82) is 0 Å². The van der Waals surface area contributed by atoms with Crippen LogP contribution in [0, 0.1) is 0 Å². The number of hydrogen-bond acceptors (Lipinski definition) is 1. The lowest BCUT2D eigenvalue weighted by atomic mass is 10.2. The Morgan fingerprint density at radius 1 is 1.36 bits per heavy atom. The number of nitrogens with zero attached hydrogens (tertiary/aromatic N) is 1. The Hall–Kier alpha value is -0.990. The molecule has 1 heterocycles. The Labute approximate surface area is 88.0 Å². The third kappa shape index (κ3) is 1.63. The number of benzene rings is 1. The van der Waals surface area contributed by atoms with Gasteiger partial charge in [0.1, 0.15) is 0 Å². The van der Waals surface area contributed by atoms with Gasteiger partial charge in [-0.25, -0.2) is 0 Å². The molecule has 0 saturated carbocycles. The first-order valence-electron chi connectivity index (χ1n) is 4.55. The average Bonchev–Trinajstić information content (AvgIpc) is 2.60. The van der Waals surface area contributed by atoms with Crippen LogP contribution in [0.15, 0.2) is 30.5 Å².